The SMILES string of the molecule is CC(C)NC(C)C(=O)NC(C)C(=O)O. The quantitative estimate of drug-likeness (QED) is 0.584. The van der Waals surface area contributed by atoms with E-state index >= 15 is 0 Å². The van der Waals surface area contributed by atoms with Gasteiger partial charge in [0.1, 0.15) is 6.04 Å². The van der Waals surface area contributed by atoms with Gasteiger partial charge in [0.05, 0.1) is 6.04 Å². The zero-order chi connectivity index (χ0) is 11.3. The minimum absolute atomic E-state index is 0.191. The maximum absolute atomic E-state index is 11.4. The second-order valence-electron chi connectivity index (χ2n) is 3.61. The average molecular weight is 202 g/mol. The van der Waals surface area contributed by atoms with Crippen LogP contribution in [0.1, 0.15) is 27.7 Å². The fourth-order valence-corrected chi connectivity index (χ4v) is 0.976. The summed E-state index contributed by atoms with van der Waals surface area (Å²) in [5, 5.41) is 13.9. The molecule has 0 radical (unpaired) electrons. The van der Waals surface area contributed by atoms with Gasteiger partial charge in [-0.3, -0.25) is 9.59 Å². The molecule has 3 N–H and O–H groups in total. The molecule has 1 amide bonds. The van der Waals surface area contributed by atoms with Crippen LogP contribution in [0, 0.1) is 0 Å². The van der Waals surface area contributed by atoms with E-state index in [4.69, 9.17) is 5.11 Å². The van der Waals surface area contributed by atoms with Gasteiger partial charge in [0.25, 0.3) is 0 Å². The molecule has 2 atom stereocenters. The Morgan fingerprint density at radius 1 is 1.07 bits per heavy atom. The third-order valence-electron chi connectivity index (χ3n) is 1.71. The molecule has 0 aliphatic rings. The summed E-state index contributed by atoms with van der Waals surface area (Å²) in [6.45, 7) is 6.97. The lowest BCUT2D eigenvalue weighted by Gasteiger charge is -2.18. The van der Waals surface area contributed by atoms with Gasteiger partial charge < -0.3 is 15.7 Å². The molecule has 0 aliphatic heterocycles. The second-order valence-corrected chi connectivity index (χ2v) is 3.61. The zero-order valence-corrected chi connectivity index (χ0v) is 9.00. The molecule has 82 valence electrons. The summed E-state index contributed by atoms with van der Waals surface area (Å²) in [5.41, 5.74) is 0. The average Bonchev–Trinajstić information content (AvgIpc) is 2.02. The van der Waals surface area contributed by atoms with E-state index in [1.807, 2.05) is 13.8 Å². The molecule has 0 aromatic heterocycles. The van der Waals surface area contributed by atoms with Crippen molar-refractivity contribution in [2.24, 2.45) is 0 Å². The van der Waals surface area contributed by atoms with Crippen LogP contribution in [0.25, 0.3) is 0 Å². The van der Waals surface area contributed by atoms with Gasteiger partial charge in [0.15, 0.2) is 0 Å². The molecule has 0 bridgehead atoms. The second kappa shape index (κ2) is 5.59. The maximum Gasteiger partial charge on any atom is 0.325 e. The number of hydrogen-bond acceptors (Lipinski definition) is 3. The summed E-state index contributed by atoms with van der Waals surface area (Å²) in [6, 6.07) is -1.04. The van der Waals surface area contributed by atoms with E-state index in [1.165, 1.54) is 6.92 Å². The van der Waals surface area contributed by atoms with Crippen molar-refractivity contribution < 1.29 is 14.7 Å². The Bertz CT molecular complexity index is 216. The maximum atomic E-state index is 11.4. The normalized spacial score (nSPS) is 14.9. The van der Waals surface area contributed by atoms with Crippen molar-refractivity contribution in [3.63, 3.8) is 0 Å². The van der Waals surface area contributed by atoms with Crippen molar-refractivity contribution in [1.82, 2.24) is 10.6 Å². The third kappa shape index (κ3) is 4.81. The number of nitrogens with one attached hydrogen (secondary N) is 2. The molecule has 0 saturated heterocycles. The van der Waals surface area contributed by atoms with Crippen molar-refractivity contribution in [2.75, 3.05) is 0 Å². The Morgan fingerprint density at radius 2 is 1.57 bits per heavy atom. The number of carbonyl (C=O) groups excluding carboxylic acids is 1. The molecule has 2 unspecified atom stereocenters. The highest BCUT2D eigenvalue weighted by Crippen LogP contribution is 1.89. The van der Waals surface area contributed by atoms with Gasteiger partial charge in [0.2, 0.25) is 5.91 Å². The highest BCUT2D eigenvalue weighted by atomic mass is 16.4. The van der Waals surface area contributed by atoms with E-state index in [1.54, 1.807) is 6.92 Å². The van der Waals surface area contributed by atoms with Gasteiger partial charge in [-0.2, -0.15) is 0 Å². The third-order valence-corrected chi connectivity index (χ3v) is 1.71. The number of hydrogen-bond donors (Lipinski definition) is 3. The van der Waals surface area contributed by atoms with Crippen LogP contribution in [0.2, 0.25) is 0 Å². The van der Waals surface area contributed by atoms with Gasteiger partial charge in [-0.25, -0.2) is 0 Å². The minimum atomic E-state index is -1.03. The lowest BCUT2D eigenvalue weighted by atomic mass is 10.2. The molecule has 5 nitrogen and oxygen atoms in total. The van der Waals surface area contributed by atoms with E-state index in [2.05, 4.69) is 10.6 Å². The molecule has 14 heavy (non-hydrogen) atoms. The molecular weight excluding hydrogens is 184 g/mol. The molecule has 0 heterocycles. The number of carboxylic acid groups (broad SMARTS) is 1. The van der Waals surface area contributed by atoms with Crippen LogP contribution >= 0.6 is 0 Å². The summed E-state index contributed by atoms with van der Waals surface area (Å²) in [7, 11) is 0. The Labute approximate surface area is 83.9 Å². The number of carboxylic acids is 1. The Hall–Kier alpha value is -1.10. The van der Waals surface area contributed by atoms with Crippen LogP contribution in [0.5, 0.6) is 0 Å². The smallest absolute Gasteiger partial charge is 0.325 e. The monoisotopic (exact) mass is 202 g/mol. The van der Waals surface area contributed by atoms with Crippen molar-refractivity contribution in [2.45, 2.75) is 45.8 Å². The number of carbonyl (C=O) groups is 2. The van der Waals surface area contributed by atoms with Crippen LogP contribution in [0.3, 0.4) is 0 Å². The summed E-state index contributed by atoms with van der Waals surface area (Å²) in [6.07, 6.45) is 0. The molecule has 0 aromatic carbocycles. The molecular formula is C9H18N2O3. The van der Waals surface area contributed by atoms with Crippen molar-refractivity contribution in [3.8, 4) is 0 Å². The molecule has 0 aliphatic carbocycles. The first kappa shape index (κ1) is 12.9. The summed E-state index contributed by atoms with van der Waals surface area (Å²) < 4.78 is 0. The van der Waals surface area contributed by atoms with Gasteiger partial charge in [-0.05, 0) is 13.8 Å². The topological polar surface area (TPSA) is 78.4 Å². The Balaban J connectivity index is 4.01. The number of rotatable bonds is 5. The standard InChI is InChI=1S/C9H18N2O3/c1-5(2)10-6(3)8(12)11-7(4)9(13)14/h5-7,10H,1-4H3,(H,11,12)(H,13,14). The molecule has 0 rings (SSSR count). The van der Waals surface area contributed by atoms with E-state index in [0.717, 1.165) is 0 Å². The van der Waals surface area contributed by atoms with Gasteiger partial charge in [0, 0.05) is 6.04 Å². The van der Waals surface area contributed by atoms with Gasteiger partial charge in [-0.1, -0.05) is 13.8 Å². The molecule has 0 spiro atoms. The largest absolute Gasteiger partial charge is 0.480 e. The van der Waals surface area contributed by atoms with Gasteiger partial charge in [-0.15, -0.1) is 0 Å². The summed E-state index contributed by atoms with van der Waals surface area (Å²) >= 11 is 0. The lowest BCUT2D eigenvalue weighted by Crippen LogP contribution is -2.49. The Kier molecular flexibility index (Phi) is 5.15. The lowest BCUT2D eigenvalue weighted by molar-refractivity contribution is -0.141. The predicted octanol–water partition coefficient (Wildman–Crippen LogP) is -0.0378. The minimum Gasteiger partial charge on any atom is -0.480 e. The van der Waals surface area contributed by atoms with Crippen molar-refractivity contribution in [1.29, 1.82) is 0 Å². The molecule has 0 saturated carbocycles. The predicted molar refractivity (Wildman–Crippen MR) is 53.0 cm³/mol. The van der Waals surface area contributed by atoms with E-state index in [9.17, 15) is 9.59 Å². The Morgan fingerprint density at radius 3 is 1.93 bits per heavy atom. The van der Waals surface area contributed by atoms with Crippen LogP contribution < -0.4 is 10.6 Å². The number of amides is 1. The van der Waals surface area contributed by atoms with Crippen LogP contribution in [0.15, 0.2) is 0 Å². The fraction of sp³-hybridized carbons (Fsp3) is 0.778. The molecule has 5 heteroatoms. The first-order valence-corrected chi connectivity index (χ1v) is 4.63. The van der Waals surface area contributed by atoms with Crippen LogP contribution in [-0.2, 0) is 9.59 Å². The van der Waals surface area contributed by atoms with Crippen LogP contribution in [0.4, 0.5) is 0 Å². The van der Waals surface area contributed by atoms with E-state index in [0.29, 0.717) is 0 Å². The highest BCUT2D eigenvalue weighted by molar-refractivity contribution is 5.86. The first-order chi connectivity index (χ1) is 6.34. The van der Waals surface area contributed by atoms with Crippen molar-refractivity contribution >= 4 is 11.9 Å². The van der Waals surface area contributed by atoms with E-state index in [-0.39, 0.29) is 18.0 Å². The van der Waals surface area contributed by atoms with Crippen molar-refractivity contribution in [3.05, 3.63) is 0 Å². The first-order valence-electron chi connectivity index (χ1n) is 4.63. The van der Waals surface area contributed by atoms with E-state index < -0.39 is 12.0 Å². The van der Waals surface area contributed by atoms with Gasteiger partial charge >= 0.3 is 5.97 Å². The fourth-order valence-electron chi connectivity index (χ4n) is 0.976. The van der Waals surface area contributed by atoms with Crippen LogP contribution in [-0.4, -0.2) is 35.1 Å². The summed E-state index contributed by atoms with van der Waals surface area (Å²) in [5.74, 6) is -1.33. The zero-order valence-electron chi connectivity index (χ0n) is 9.00. The molecule has 0 aromatic rings. The summed E-state index contributed by atoms with van der Waals surface area (Å²) in [4.78, 5) is 21.8. The number of aliphatic carboxylic acids is 1. The highest BCUT2D eigenvalue weighted by Gasteiger charge is 2.18. The molecule has 0 fully saturated rings.